The molecule has 1 aromatic carbocycles. The molecular weight excluding hydrogens is 451 g/mol. The summed E-state index contributed by atoms with van der Waals surface area (Å²) < 4.78 is 41.7. The van der Waals surface area contributed by atoms with Crippen LogP contribution in [-0.2, 0) is 18.5 Å². The highest BCUT2D eigenvalue weighted by Gasteiger charge is 2.30. The van der Waals surface area contributed by atoms with Crippen LogP contribution in [0.5, 0.6) is 0 Å². The zero-order valence-electron chi connectivity index (χ0n) is 16.1. The van der Waals surface area contributed by atoms with Crippen LogP contribution >= 0.6 is 23.4 Å². The molecule has 0 saturated carbocycles. The molecule has 4 aromatic rings. The summed E-state index contributed by atoms with van der Waals surface area (Å²) in [5.74, 6) is 0.571. The summed E-state index contributed by atoms with van der Waals surface area (Å²) in [4.78, 5) is 20.9. The standard InChI is InChI=1S/C20H15ClF3N5OS/c1-12-7-17(30)29-19(28(12)10-14-5-6-16(21)25-9-14)26-18(27-29)31-11-13-3-2-4-15(8-13)20(22,23)24/h2-9H,10-11H2,1H3. The van der Waals surface area contributed by atoms with Crippen LogP contribution < -0.4 is 5.56 Å². The summed E-state index contributed by atoms with van der Waals surface area (Å²) in [5, 5.41) is 4.90. The van der Waals surface area contributed by atoms with E-state index in [1.54, 1.807) is 25.3 Å². The molecular formula is C20H15ClF3N5OS. The highest BCUT2D eigenvalue weighted by molar-refractivity contribution is 7.98. The van der Waals surface area contributed by atoms with E-state index in [0.717, 1.165) is 29.5 Å². The molecule has 3 aromatic heterocycles. The van der Waals surface area contributed by atoms with Gasteiger partial charge in [-0.3, -0.25) is 4.79 Å². The minimum absolute atomic E-state index is 0.231. The highest BCUT2D eigenvalue weighted by Crippen LogP contribution is 2.31. The van der Waals surface area contributed by atoms with Crippen LogP contribution in [0.1, 0.15) is 22.4 Å². The molecule has 0 N–H and O–H groups in total. The van der Waals surface area contributed by atoms with Crippen molar-refractivity contribution in [2.24, 2.45) is 0 Å². The number of rotatable bonds is 5. The largest absolute Gasteiger partial charge is 0.416 e. The Labute approximate surface area is 183 Å². The number of hydrogen-bond donors (Lipinski definition) is 0. The van der Waals surface area contributed by atoms with Crippen LogP contribution in [0.4, 0.5) is 13.2 Å². The van der Waals surface area contributed by atoms with Crippen molar-refractivity contribution in [2.75, 3.05) is 0 Å². The Morgan fingerprint density at radius 1 is 1.13 bits per heavy atom. The molecule has 160 valence electrons. The van der Waals surface area contributed by atoms with Crippen molar-refractivity contribution in [3.63, 3.8) is 0 Å². The Hall–Kier alpha value is -2.85. The van der Waals surface area contributed by atoms with E-state index in [9.17, 15) is 18.0 Å². The van der Waals surface area contributed by atoms with Gasteiger partial charge in [-0.05, 0) is 30.2 Å². The van der Waals surface area contributed by atoms with Crippen molar-refractivity contribution in [3.8, 4) is 0 Å². The van der Waals surface area contributed by atoms with Gasteiger partial charge in [-0.15, -0.1) is 5.10 Å². The average Bonchev–Trinajstić information content (AvgIpc) is 3.15. The maximum atomic E-state index is 12.9. The molecule has 4 rings (SSSR count). The molecule has 0 bridgehead atoms. The third-order valence-electron chi connectivity index (χ3n) is 4.53. The van der Waals surface area contributed by atoms with Gasteiger partial charge in [-0.1, -0.05) is 47.6 Å². The zero-order chi connectivity index (χ0) is 22.2. The number of benzene rings is 1. The van der Waals surface area contributed by atoms with Gasteiger partial charge in [0.1, 0.15) is 5.15 Å². The summed E-state index contributed by atoms with van der Waals surface area (Å²) in [6.45, 7) is 2.19. The van der Waals surface area contributed by atoms with Gasteiger partial charge in [0, 0.05) is 23.7 Å². The van der Waals surface area contributed by atoms with Crippen molar-refractivity contribution in [3.05, 3.63) is 86.6 Å². The number of alkyl halides is 3. The number of hydrogen-bond acceptors (Lipinski definition) is 5. The summed E-state index contributed by atoms with van der Waals surface area (Å²) in [5.41, 5.74) is 0.989. The first-order chi connectivity index (χ1) is 14.7. The molecule has 11 heteroatoms. The van der Waals surface area contributed by atoms with Gasteiger partial charge in [0.25, 0.3) is 5.56 Å². The molecule has 0 unspecified atom stereocenters. The smallest absolute Gasteiger partial charge is 0.310 e. The maximum absolute atomic E-state index is 12.9. The number of halogens is 4. The van der Waals surface area contributed by atoms with Gasteiger partial charge in [0.05, 0.1) is 12.1 Å². The molecule has 0 radical (unpaired) electrons. The monoisotopic (exact) mass is 465 g/mol. The minimum Gasteiger partial charge on any atom is -0.310 e. The quantitative estimate of drug-likeness (QED) is 0.318. The van der Waals surface area contributed by atoms with Crippen molar-refractivity contribution in [2.45, 2.75) is 30.6 Å². The second kappa shape index (κ2) is 8.35. The summed E-state index contributed by atoms with van der Waals surface area (Å²) in [7, 11) is 0. The van der Waals surface area contributed by atoms with E-state index in [1.165, 1.54) is 16.6 Å². The van der Waals surface area contributed by atoms with Gasteiger partial charge in [0.15, 0.2) is 0 Å². The molecule has 0 saturated heterocycles. The molecule has 6 nitrogen and oxygen atoms in total. The third kappa shape index (κ3) is 4.75. The van der Waals surface area contributed by atoms with E-state index in [0.29, 0.717) is 33.9 Å². The number of nitrogens with zero attached hydrogens (tertiary/aromatic N) is 5. The molecule has 0 fully saturated rings. The first-order valence-electron chi connectivity index (χ1n) is 9.07. The lowest BCUT2D eigenvalue weighted by atomic mass is 10.1. The fourth-order valence-electron chi connectivity index (χ4n) is 3.01. The lowest BCUT2D eigenvalue weighted by Gasteiger charge is -2.11. The fourth-order valence-corrected chi connectivity index (χ4v) is 3.88. The molecule has 0 aliphatic heterocycles. The van der Waals surface area contributed by atoms with Crippen molar-refractivity contribution >= 4 is 29.1 Å². The predicted molar refractivity (Wildman–Crippen MR) is 111 cm³/mol. The maximum Gasteiger partial charge on any atom is 0.416 e. The first-order valence-corrected chi connectivity index (χ1v) is 10.4. The minimum atomic E-state index is -4.40. The second-order valence-electron chi connectivity index (χ2n) is 6.79. The molecule has 0 amide bonds. The van der Waals surface area contributed by atoms with E-state index >= 15 is 0 Å². The van der Waals surface area contributed by atoms with Crippen LogP contribution in [0, 0.1) is 6.92 Å². The predicted octanol–water partition coefficient (Wildman–Crippen LogP) is 4.61. The van der Waals surface area contributed by atoms with Crippen LogP contribution in [-0.4, -0.2) is 24.1 Å². The summed E-state index contributed by atoms with van der Waals surface area (Å²) in [6, 6.07) is 10.0. The van der Waals surface area contributed by atoms with Crippen LogP contribution in [0.25, 0.3) is 5.78 Å². The van der Waals surface area contributed by atoms with E-state index in [-0.39, 0.29) is 11.3 Å². The van der Waals surface area contributed by atoms with Crippen molar-refractivity contribution < 1.29 is 13.2 Å². The van der Waals surface area contributed by atoms with Gasteiger partial charge in [0.2, 0.25) is 10.9 Å². The molecule has 3 heterocycles. The normalized spacial score (nSPS) is 11.9. The summed E-state index contributed by atoms with van der Waals surface area (Å²) >= 11 is 6.99. The molecule has 0 spiro atoms. The van der Waals surface area contributed by atoms with Gasteiger partial charge < -0.3 is 4.57 Å². The zero-order valence-corrected chi connectivity index (χ0v) is 17.7. The average molecular weight is 466 g/mol. The van der Waals surface area contributed by atoms with E-state index in [2.05, 4.69) is 15.1 Å². The van der Waals surface area contributed by atoms with Gasteiger partial charge in [-0.2, -0.15) is 22.7 Å². The highest BCUT2D eigenvalue weighted by atomic mass is 35.5. The van der Waals surface area contributed by atoms with E-state index in [4.69, 9.17) is 11.6 Å². The Morgan fingerprint density at radius 3 is 2.65 bits per heavy atom. The third-order valence-corrected chi connectivity index (χ3v) is 5.66. The van der Waals surface area contributed by atoms with E-state index < -0.39 is 11.7 Å². The second-order valence-corrected chi connectivity index (χ2v) is 8.12. The SMILES string of the molecule is Cc1cc(=O)n2nc(SCc3cccc(C(F)(F)F)c3)nc2n1Cc1ccc(Cl)nc1. The van der Waals surface area contributed by atoms with Gasteiger partial charge in [-0.25, -0.2) is 4.98 Å². The number of pyridine rings is 1. The van der Waals surface area contributed by atoms with Crippen LogP contribution in [0.15, 0.2) is 58.6 Å². The number of aromatic nitrogens is 5. The number of fused-ring (bicyclic) bond motifs is 1. The van der Waals surface area contributed by atoms with Gasteiger partial charge >= 0.3 is 6.18 Å². The van der Waals surface area contributed by atoms with Crippen molar-refractivity contribution in [1.82, 2.24) is 24.1 Å². The van der Waals surface area contributed by atoms with Crippen LogP contribution in [0.3, 0.4) is 0 Å². The Morgan fingerprint density at radius 2 is 1.94 bits per heavy atom. The first kappa shape index (κ1) is 21.4. The molecule has 0 aliphatic rings. The Kier molecular flexibility index (Phi) is 5.76. The van der Waals surface area contributed by atoms with Crippen LogP contribution in [0.2, 0.25) is 5.15 Å². The number of aryl methyl sites for hydroxylation is 1. The molecule has 31 heavy (non-hydrogen) atoms. The van der Waals surface area contributed by atoms with E-state index in [1.807, 2.05) is 10.6 Å². The fraction of sp³-hybridized carbons (Fsp3) is 0.200. The lowest BCUT2D eigenvalue weighted by Crippen LogP contribution is -2.20. The lowest BCUT2D eigenvalue weighted by molar-refractivity contribution is -0.137. The number of thioether (sulfide) groups is 1. The Balaban J connectivity index is 1.62. The molecule has 0 aliphatic carbocycles. The molecule has 0 atom stereocenters. The van der Waals surface area contributed by atoms with Crippen molar-refractivity contribution in [1.29, 1.82) is 0 Å². The topological polar surface area (TPSA) is 65.1 Å². The summed E-state index contributed by atoms with van der Waals surface area (Å²) in [6.07, 6.45) is -2.77. The Bertz CT molecular complexity index is 1300.